The number of nitrogens with zero attached hydrogens (tertiary/aromatic N) is 2. The molecule has 0 fully saturated rings. The summed E-state index contributed by atoms with van der Waals surface area (Å²) in [5.74, 6) is -0.482. The number of halogens is 1. The molecule has 2 heterocycles. The lowest BCUT2D eigenvalue weighted by Crippen LogP contribution is -2.28. The molecule has 0 aliphatic rings. The molecule has 1 amide bonds. The summed E-state index contributed by atoms with van der Waals surface area (Å²) in [6, 6.07) is 9.97. The van der Waals surface area contributed by atoms with E-state index < -0.39 is 0 Å². The lowest BCUT2D eigenvalue weighted by atomic mass is 10.2. The standard InChI is InChI=1S/C16H15FN2O2/c1-18(10-11-5-3-4-6-12(11)17)16(20)14-9-15-13(19(14)2)7-8-21-15/h3-9H,10H2,1-2H3. The van der Waals surface area contributed by atoms with Gasteiger partial charge in [-0.2, -0.15) is 0 Å². The van der Waals surface area contributed by atoms with Crippen molar-refractivity contribution in [2.24, 2.45) is 7.05 Å². The molecule has 0 aliphatic carbocycles. The van der Waals surface area contributed by atoms with Gasteiger partial charge in [-0.15, -0.1) is 0 Å². The lowest BCUT2D eigenvalue weighted by molar-refractivity contribution is 0.0775. The molecule has 108 valence electrons. The molecule has 0 unspecified atom stereocenters. The van der Waals surface area contributed by atoms with Gasteiger partial charge in [0.25, 0.3) is 5.91 Å². The highest BCUT2D eigenvalue weighted by molar-refractivity contribution is 5.97. The summed E-state index contributed by atoms with van der Waals surface area (Å²) in [6.45, 7) is 0.220. The molecule has 0 aliphatic heterocycles. The second kappa shape index (κ2) is 5.09. The molecular weight excluding hydrogens is 271 g/mol. The van der Waals surface area contributed by atoms with Crippen LogP contribution in [-0.4, -0.2) is 22.4 Å². The van der Waals surface area contributed by atoms with E-state index >= 15 is 0 Å². The van der Waals surface area contributed by atoms with E-state index in [0.717, 1.165) is 5.52 Å². The molecular formula is C16H15FN2O2. The van der Waals surface area contributed by atoms with Crippen LogP contribution in [-0.2, 0) is 13.6 Å². The van der Waals surface area contributed by atoms with Crippen molar-refractivity contribution in [1.29, 1.82) is 0 Å². The van der Waals surface area contributed by atoms with Crippen LogP contribution in [0.3, 0.4) is 0 Å². The fourth-order valence-electron chi connectivity index (χ4n) is 2.40. The third-order valence-corrected chi connectivity index (χ3v) is 3.60. The normalized spacial score (nSPS) is 11.0. The van der Waals surface area contributed by atoms with Crippen LogP contribution in [0.25, 0.3) is 11.1 Å². The van der Waals surface area contributed by atoms with Crippen molar-refractivity contribution >= 4 is 17.0 Å². The summed E-state index contributed by atoms with van der Waals surface area (Å²) in [7, 11) is 3.46. The van der Waals surface area contributed by atoms with E-state index in [2.05, 4.69) is 0 Å². The molecule has 2 aromatic heterocycles. The Morgan fingerprint density at radius 2 is 2.10 bits per heavy atom. The zero-order valence-electron chi connectivity index (χ0n) is 11.8. The number of hydrogen-bond acceptors (Lipinski definition) is 2. The molecule has 3 aromatic rings. The van der Waals surface area contributed by atoms with Gasteiger partial charge in [0.1, 0.15) is 11.5 Å². The molecule has 0 saturated carbocycles. The monoisotopic (exact) mass is 286 g/mol. The van der Waals surface area contributed by atoms with Crippen molar-refractivity contribution in [3.8, 4) is 0 Å². The molecule has 0 spiro atoms. The fourth-order valence-corrected chi connectivity index (χ4v) is 2.40. The van der Waals surface area contributed by atoms with Crippen molar-refractivity contribution < 1.29 is 13.6 Å². The number of aryl methyl sites for hydroxylation is 1. The van der Waals surface area contributed by atoms with Crippen molar-refractivity contribution in [3.05, 3.63) is 59.7 Å². The quantitative estimate of drug-likeness (QED) is 0.741. The van der Waals surface area contributed by atoms with Crippen LogP contribution in [0.4, 0.5) is 4.39 Å². The van der Waals surface area contributed by atoms with E-state index in [0.29, 0.717) is 16.8 Å². The molecule has 21 heavy (non-hydrogen) atoms. The van der Waals surface area contributed by atoms with Crippen LogP contribution >= 0.6 is 0 Å². The third-order valence-electron chi connectivity index (χ3n) is 3.60. The van der Waals surface area contributed by atoms with Gasteiger partial charge < -0.3 is 13.9 Å². The Bertz CT molecular complexity index is 804. The van der Waals surface area contributed by atoms with Crippen LogP contribution in [0, 0.1) is 5.82 Å². The van der Waals surface area contributed by atoms with Crippen LogP contribution in [0.5, 0.6) is 0 Å². The van der Waals surface area contributed by atoms with E-state index in [-0.39, 0.29) is 18.3 Å². The lowest BCUT2D eigenvalue weighted by Gasteiger charge is -2.18. The first-order valence-electron chi connectivity index (χ1n) is 6.59. The number of carbonyl (C=O) groups excluding carboxylic acids is 1. The molecule has 0 bridgehead atoms. The maximum absolute atomic E-state index is 13.7. The summed E-state index contributed by atoms with van der Waals surface area (Å²) >= 11 is 0. The minimum atomic E-state index is -0.308. The third kappa shape index (κ3) is 2.31. The number of amides is 1. The summed E-state index contributed by atoms with van der Waals surface area (Å²) in [4.78, 5) is 14.0. The van der Waals surface area contributed by atoms with Gasteiger partial charge >= 0.3 is 0 Å². The van der Waals surface area contributed by atoms with E-state index in [1.807, 2.05) is 13.1 Å². The van der Waals surface area contributed by atoms with Gasteiger partial charge in [-0.05, 0) is 6.07 Å². The van der Waals surface area contributed by atoms with Gasteiger partial charge in [-0.25, -0.2) is 4.39 Å². The Morgan fingerprint density at radius 1 is 1.33 bits per heavy atom. The van der Waals surface area contributed by atoms with E-state index in [1.165, 1.54) is 11.0 Å². The molecule has 1 aromatic carbocycles. The molecule has 0 N–H and O–H groups in total. The van der Waals surface area contributed by atoms with E-state index in [1.54, 1.807) is 42.1 Å². The fraction of sp³-hybridized carbons (Fsp3) is 0.188. The number of aromatic nitrogens is 1. The first-order valence-corrected chi connectivity index (χ1v) is 6.59. The smallest absolute Gasteiger partial charge is 0.270 e. The second-order valence-corrected chi connectivity index (χ2v) is 5.01. The van der Waals surface area contributed by atoms with Crippen molar-refractivity contribution in [3.63, 3.8) is 0 Å². The average molecular weight is 286 g/mol. The predicted octanol–water partition coefficient (Wildman–Crippen LogP) is 3.18. The predicted molar refractivity (Wildman–Crippen MR) is 77.4 cm³/mol. The highest BCUT2D eigenvalue weighted by Gasteiger charge is 2.19. The van der Waals surface area contributed by atoms with Gasteiger partial charge in [0.2, 0.25) is 0 Å². The zero-order valence-corrected chi connectivity index (χ0v) is 11.8. The maximum atomic E-state index is 13.7. The van der Waals surface area contributed by atoms with Gasteiger partial charge in [-0.3, -0.25) is 4.79 Å². The zero-order chi connectivity index (χ0) is 15.0. The maximum Gasteiger partial charge on any atom is 0.270 e. The summed E-state index contributed by atoms with van der Waals surface area (Å²) in [6.07, 6.45) is 1.59. The minimum Gasteiger partial charge on any atom is -0.463 e. The van der Waals surface area contributed by atoms with Gasteiger partial charge in [0.05, 0.1) is 11.8 Å². The molecule has 0 saturated heterocycles. The largest absolute Gasteiger partial charge is 0.463 e. The SMILES string of the molecule is CN(Cc1ccccc1F)C(=O)c1cc2occc2n1C. The minimum absolute atomic E-state index is 0.174. The topological polar surface area (TPSA) is 38.4 Å². The van der Waals surface area contributed by atoms with Crippen molar-refractivity contribution in [2.45, 2.75) is 6.54 Å². The van der Waals surface area contributed by atoms with Crippen molar-refractivity contribution in [2.75, 3.05) is 7.05 Å². The van der Waals surface area contributed by atoms with Gasteiger partial charge in [0, 0.05) is 38.3 Å². The van der Waals surface area contributed by atoms with E-state index in [9.17, 15) is 9.18 Å². The van der Waals surface area contributed by atoms with Crippen LogP contribution < -0.4 is 0 Å². The summed E-state index contributed by atoms with van der Waals surface area (Å²) < 4.78 is 20.7. The Morgan fingerprint density at radius 3 is 2.81 bits per heavy atom. The molecule has 5 heteroatoms. The highest BCUT2D eigenvalue weighted by Crippen LogP contribution is 2.21. The van der Waals surface area contributed by atoms with E-state index in [4.69, 9.17) is 4.42 Å². The Labute approximate surface area is 121 Å². The Hall–Kier alpha value is -2.56. The molecule has 3 rings (SSSR count). The Balaban J connectivity index is 1.86. The first kappa shape index (κ1) is 13.4. The first-order chi connectivity index (χ1) is 10.1. The number of fused-ring (bicyclic) bond motifs is 1. The van der Waals surface area contributed by atoms with Crippen LogP contribution in [0.1, 0.15) is 16.1 Å². The molecule has 4 nitrogen and oxygen atoms in total. The van der Waals surface area contributed by atoms with Crippen LogP contribution in [0.2, 0.25) is 0 Å². The second-order valence-electron chi connectivity index (χ2n) is 5.01. The number of rotatable bonds is 3. The van der Waals surface area contributed by atoms with Gasteiger partial charge in [0.15, 0.2) is 5.58 Å². The number of benzene rings is 1. The van der Waals surface area contributed by atoms with Gasteiger partial charge in [-0.1, -0.05) is 18.2 Å². The summed E-state index contributed by atoms with van der Waals surface area (Å²) in [5.41, 5.74) is 2.53. The summed E-state index contributed by atoms with van der Waals surface area (Å²) in [5, 5.41) is 0. The number of hydrogen-bond donors (Lipinski definition) is 0. The highest BCUT2D eigenvalue weighted by atomic mass is 19.1. The molecule has 0 radical (unpaired) electrons. The average Bonchev–Trinajstić information content (AvgIpc) is 3.04. The molecule has 0 atom stereocenters. The van der Waals surface area contributed by atoms with Crippen LogP contribution in [0.15, 0.2) is 47.1 Å². The van der Waals surface area contributed by atoms with Crippen molar-refractivity contribution in [1.82, 2.24) is 9.47 Å². The number of furan rings is 1. The Kier molecular flexibility index (Phi) is 3.25. The number of carbonyl (C=O) groups is 1.